The molecule has 0 saturated carbocycles. The van der Waals surface area contributed by atoms with Gasteiger partial charge in [-0.25, -0.2) is 0 Å². The number of halogens is 1. The van der Waals surface area contributed by atoms with Crippen molar-refractivity contribution >= 4 is 46.3 Å². The second kappa shape index (κ2) is 7.20. The number of thiophene rings is 1. The van der Waals surface area contributed by atoms with E-state index in [1.807, 2.05) is 44.3 Å². The molecule has 0 bridgehead atoms. The minimum absolute atomic E-state index is 0.0892. The lowest BCUT2D eigenvalue weighted by atomic mass is 10.2. The smallest absolute Gasteiger partial charge is 0.233 e. The van der Waals surface area contributed by atoms with Crippen LogP contribution in [0.3, 0.4) is 0 Å². The van der Waals surface area contributed by atoms with Crippen molar-refractivity contribution in [1.82, 2.24) is 4.90 Å². The van der Waals surface area contributed by atoms with Crippen LogP contribution in [0.2, 0.25) is 4.34 Å². The molecule has 112 valence electrons. The molecule has 0 fully saturated rings. The second-order valence-electron chi connectivity index (χ2n) is 4.77. The zero-order valence-electron chi connectivity index (χ0n) is 11.9. The first-order valence-electron chi connectivity index (χ1n) is 6.43. The number of amides is 1. The number of rotatable bonds is 5. The number of anilines is 1. The quantitative estimate of drug-likeness (QED) is 0.660. The van der Waals surface area contributed by atoms with E-state index in [1.165, 1.54) is 23.1 Å². The highest BCUT2D eigenvalue weighted by Crippen LogP contribution is 2.26. The molecular weight excluding hydrogens is 324 g/mol. The van der Waals surface area contributed by atoms with E-state index in [9.17, 15) is 4.79 Å². The predicted octanol–water partition coefficient (Wildman–Crippen LogP) is 4.04. The molecule has 0 unspecified atom stereocenters. The Hall–Kier alpha value is -1.17. The third kappa shape index (κ3) is 4.66. The summed E-state index contributed by atoms with van der Waals surface area (Å²) in [4.78, 5) is 16.0. The first-order chi connectivity index (χ1) is 9.95. The van der Waals surface area contributed by atoms with Crippen LogP contribution in [-0.4, -0.2) is 23.6 Å². The van der Waals surface area contributed by atoms with Crippen LogP contribution in [-0.2, 0) is 11.3 Å². The van der Waals surface area contributed by atoms with Crippen LogP contribution in [0.1, 0.15) is 10.4 Å². The van der Waals surface area contributed by atoms with Gasteiger partial charge >= 0.3 is 0 Å². The fourth-order valence-electron chi connectivity index (χ4n) is 1.78. The summed E-state index contributed by atoms with van der Waals surface area (Å²) >= 11 is 8.92. The first kappa shape index (κ1) is 16.2. The Morgan fingerprint density at radius 2 is 2.14 bits per heavy atom. The maximum Gasteiger partial charge on any atom is 0.233 e. The number of carbonyl (C=O) groups excluding carboxylic acids is 1. The number of aryl methyl sites for hydroxylation is 1. The molecule has 21 heavy (non-hydrogen) atoms. The molecule has 2 rings (SSSR count). The summed E-state index contributed by atoms with van der Waals surface area (Å²) in [5, 5.41) is 0. The molecule has 6 heteroatoms. The fraction of sp³-hybridized carbons (Fsp3) is 0.267. The number of nitrogens with zero attached hydrogens (tertiary/aromatic N) is 1. The maximum atomic E-state index is 12.2. The highest BCUT2D eigenvalue weighted by molar-refractivity contribution is 8.00. The second-order valence-corrected chi connectivity index (χ2v) is 7.59. The van der Waals surface area contributed by atoms with Gasteiger partial charge in [0.05, 0.1) is 16.6 Å². The Balaban J connectivity index is 1.90. The molecule has 0 aliphatic rings. The molecule has 3 nitrogen and oxygen atoms in total. The average Bonchev–Trinajstić information content (AvgIpc) is 2.84. The lowest BCUT2D eigenvalue weighted by molar-refractivity contribution is -0.127. The van der Waals surface area contributed by atoms with E-state index in [2.05, 4.69) is 0 Å². The summed E-state index contributed by atoms with van der Waals surface area (Å²) in [7, 11) is 1.81. The number of nitrogen functional groups attached to an aromatic ring is 1. The summed E-state index contributed by atoms with van der Waals surface area (Å²) in [6, 6.07) is 9.55. The molecule has 0 saturated heterocycles. The maximum absolute atomic E-state index is 12.2. The lowest BCUT2D eigenvalue weighted by Gasteiger charge is -2.16. The monoisotopic (exact) mass is 340 g/mol. The van der Waals surface area contributed by atoms with Crippen molar-refractivity contribution in [3.05, 3.63) is 45.1 Å². The van der Waals surface area contributed by atoms with E-state index < -0.39 is 0 Å². The largest absolute Gasteiger partial charge is 0.399 e. The van der Waals surface area contributed by atoms with E-state index in [0.29, 0.717) is 12.3 Å². The Kier molecular flexibility index (Phi) is 5.56. The zero-order valence-corrected chi connectivity index (χ0v) is 14.3. The van der Waals surface area contributed by atoms with Crippen LogP contribution in [0, 0.1) is 6.92 Å². The molecule has 1 aromatic heterocycles. The van der Waals surface area contributed by atoms with E-state index >= 15 is 0 Å². The fourth-order valence-corrected chi connectivity index (χ4v) is 3.94. The topological polar surface area (TPSA) is 46.3 Å². The van der Waals surface area contributed by atoms with Crippen LogP contribution in [0.25, 0.3) is 0 Å². The normalized spacial score (nSPS) is 10.6. The molecule has 2 aromatic rings. The van der Waals surface area contributed by atoms with Crippen LogP contribution in [0.15, 0.2) is 35.2 Å². The van der Waals surface area contributed by atoms with Gasteiger partial charge in [0.2, 0.25) is 5.91 Å². The third-order valence-electron chi connectivity index (χ3n) is 3.01. The average molecular weight is 341 g/mol. The summed E-state index contributed by atoms with van der Waals surface area (Å²) in [6.07, 6.45) is 0. The third-order valence-corrected chi connectivity index (χ3v) is 5.37. The van der Waals surface area contributed by atoms with Crippen molar-refractivity contribution in [1.29, 1.82) is 0 Å². The molecular formula is C15H17ClN2OS2. The van der Waals surface area contributed by atoms with Gasteiger partial charge in [-0.15, -0.1) is 23.1 Å². The van der Waals surface area contributed by atoms with Crippen molar-refractivity contribution in [3.8, 4) is 0 Å². The number of benzene rings is 1. The van der Waals surface area contributed by atoms with Gasteiger partial charge in [-0.05, 0) is 36.8 Å². The van der Waals surface area contributed by atoms with Crippen LogP contribution < -0.4 is 5.73 Å². The van der Waals surface area contributed by atoms with Gasteiger partial charge in [-0.3, -0.25) is 4.79 Å². The minimum Gasteiger partial charge on any atom is -0.399 e. The summed E-state index contributed by atoms with van der Waals surface area (Å²) in [6.45, 7) is 2.61. The van der Waals surface area contributed by atoms with E-state index in [0.717, 1.165) is 25.4 Å². The number of carbonyl (C=O) groups is 1. The Labute approximate surface area is 138 Å². The Morgan fingerprint density at radius 1 is 1.38 bits per heavy atom. The van der Waals surface area contributed by atoms with Crippen molar-refractivity contribution in [2.24, 2.45) is 0 Å². The van der Waals surface area contributed by atoms with Gasteiger partial charge in [0, 0.05) is 22.5 Å². The number of hydrogen-bond donors (Lipinski definition) is 1. The van der Waals surface area contributed by atoms with Crippen molar-refractivity contribution in [3.63, 3.8) is 0 Å². The molecule has 0 radical (unpaired) electrons. The van der Waals surface area contributed by atoms with Crippen molar-refractivity contribution in [2.45, 2.75) is 18.4 Å². The highest BCUT2D eigenvalue weighted by atomic mass is 35.5. The van der Waals surface area contributed by atoms with Gasteiger partial charge in [0.15, 0.2) is 0 Å². The van der Waals surface area contributed by atoms with E-state index in [-0.39, 0.29) is 5.91 Å². The molecule has 0 spiro atoms. The van der Waals surface area contributed by atoms with E-state index in [4.69, 9.17) is 17.3 Å². The zero-order chi connectivity index (χ0) is 15.4. The Bertz CT molecular complexity index is 642. The molecule has 1 aromatic carbocycles. The number of thioether (sulfide) groups is 1. The predicted molar refractivity (Wildman–Crippen MR) is 92.1 cm³/mol. The number of hydrogen-bond acceptors (Lipinski definition) is 4. The molecule has 0 aliphatic heterocycles. The summed E-state index contributed by atoms with van der Waals surface area (Å²) < 4.78 is 0.746. The molecule has 1 heterocycles. The standard InChI is InChI=1S/C15H17ClN2OS2/c1-10-3-4-11(17)7-13(10)20-9-15(19)18(2)8-12-5-6-14(16)21-12/h3-7H,8-9,17H2,1-2H3. The highest BCUT2D eigenvalue weighted by Gasteiger charge is 2.12. The minimum atomic E-state index is 0.0892. The molecule has 0 atom stereocenters. The summed E-state index contributed by atoms with van der Waals surface area (Å²) in [5.74, 6) is 0.492. The SMILES string of the molecule is Cc1ccc(N)cc1SCC(=O)N(C)Cc1ccc(Cl)s1. The van der Waals surface area contributed by atoms with Gasteiger partial charge in [-0.2, -0.15) is 0 Å². The van der Waals surface area contributed by atoms with Gasteiger partial charge in [0.25, 0.3) is 0 Å². The van der Waals surface area contributed by atoms with Crippen LogP contribution >= 0.6 is 34.7 Å². The number of nitrogens with two attached hydrogens (primary N) is 1. The van der Waals surface area contributed by atoms with Crippen LogP contribution in [0.4, 0.5) is 5.69 Å². The Morgan fingerprint density at radius 3 is 2.81 bits per heavy atom. The van der Waals surface area contributed by atoms with Crippen molar-refractivity contribution < 1.29 is 4.79 Å². The van der Waals surface area contributed by atoms with Gasteiger partial charge in [-0.1, -0.05) is 17.7 Å². The van der Waals surface area contributed by atoms with E-state index in [1.54, 1.807) is 4.90 Å². The summed E-state index contributed by atoms with van der Waals surface area (Å²) in [5.41, 5.74) is 7.63. The van der Waals surface area contributed by atoms with Crippen LogP contribution in [0.5, 0.6) is 0 Å². The molecule has 1 amide bonds. The van der Waals surface area contributed by atoms with Gasteiger partial charge < -0.3 is 10.6 Å². The first-order valence-corrected chi connectivity index (χ1v) is 8.61. The lowest BCUT2D eigenvalue weighted by Crippen LogP contribution is -2.27. The van der Waals surface area contributed by atoms with Crippen molar-refractivity contribution in [2.75, 3.05) is 18.5 Å². The molecule has 0 aliphatic carbocycles. The van der Waals surface area contributed by atoms with Gasteiger partial charge in [0.1, 0.15) is 0 Å². The molecule has 2 N–H and O–H groups in total.